The molecule has 0 fully saturated rings. The molecule has 52 heavy (non-hydrogen) atoms. The molecule has 0 aliphatic heterocycles. The van der Waals surface area contributed by atoms with Gasteiger partial charge < -0.3 is 0 Å². The molecule has 0 bridgehead atoms. The summed E-state index contributed by atoms with van der Waals surface area (Å²) in [6.07, 6.45) is 31.3. The summed E-state index contributed by atoms with van der Waals surface area (Å²) >= 11 is 3.15. The smallest absolute Gasteiger partial charge is 0.160 e. The van der Waals surface area contributed by atoms with E-state index in [0.29, 0.717) is 0 Å². The van der Waals surface area contributed by atoms with Crippen molar-refractivity contribution < 1.29 is 9.59 Å². The second-order valence-corrected chi connectivity index (χ2v) is 17.2. The van der Waals surface area contributed by atoms with E-state index in [1.807, 2.05) is 12.1 Å². The number of unbranched alkanes of at least 4 members (excludes halogenated alkanes) is 18. The Morgan fingerprint density at radius 2 is 0.808 bits per heavy atom. The fourth-order valence-electron chi connectivity index (χ4n) is 7.97. The molecule has 0 N–H and O–H groups in total. The summed E-state index contributed by atoms with van der Waals surface area (Å²) in [6, 6.07) is 22.0. The Bertz CT molecular complexity index is 1600. The summed E-state index contributed by atoms with van der Waals surface area (Å²) in [5, 5.41) is 0. The Morgan fingerprint density at radius 1 is 0.442 bits per heavy atom. The van der Waals surface area contributed by atoms with Crippen molar-refractivity contribution in [3.63, 3.8) is 0 Å². The van der Waals surface area contributed by atoms with Crippen LogP contribution in [0.25, 0.3) is 37.6 Å². The first-order chi connectivity index (χ1) is 25.7. The van der Waals surface area contributed by atoms with E-state index in [0.717, 1.165) is 44.9 Å². The van der Waals surface area contributed by atoms with Gasteiger partial charge in [-0.15, -0.1) is 22.7 Å². The van der Waals surface area contributed by atoms with Crippen LogP contribution in [0.15, 0.2) is 66.2 Å². The number of fused-ring (bicyclic) bond motifs is 3. The van der Waals surface area contributed by atoms with E-state index in [1.165, 1.54) is 167 Å². The number of allylic oxidation sites excluding steroid dienone is 1. The highest BCUT2D eigenvalue weighted by Gasteiger charge is 2.27. The molecule has 4 aromatic rings. The van der Waals surface area contributed by atoms with Crippen LogP contribution in [0.2, 0.25) is 0 Å². The van der Waals surface area contributed by atoms with Crippen LogP contribution in [0.5, 0.6) is 0 Å². The Hall–Kier alpha value is -3.08. The van der Waals surface area contributed by atoms with E-state index in [-0.39, 0.29) is 0 Å². The minimum Gasteiger partial charge on any atom is -0.297 e. The van der Waals surface area contributed by atoms with Crippen molar-refractivity contribution in [3.8, 4) is 32.0 Å². The molecule has 0 atom stereocenters. The predicted molar refractivity (Wildman–Crippen MR) is 228 cm³/mol. The van der Waals surface area contributed by atoms with Crippen LogP contribution in [-0.2, 0) is 0 Å². The third kappa shape index (κ3) is 11.5. The molecule has 0 unspecified atom stereocenters. The summed E-state index contributed by atoms with van der Waals surface area (Å²) in [5.74, 6) is 0. The summed E-state index contributed by atoms with van der Waals surface area (Å²) in [7, 11) is 0. The van der Waals surface area contributed by atoms with Crippen molar-refractivity contribution >= 4 is 40.8 Å². The molecule has 0 saturated heterocycles. The first-order valence-electron chi connectivity index (χ1n) is 20.8. The Kier molecular flexibility index (Phi) is 17.1. The predicted octanol–water partition coefficient (Wildman–Crippen LogP) is 16.2. The maximum atomic E-state index is 11.6. The van der Waals surface area contributed by atoms with E-state index < -0.39 is 0 Å². The standard InChI is InChI=1S/C48H62O2S2/c1-3-5-7-9-11-13-15-17-19-21-23-37(24-22-20-18-16-14-12-10-8-6-4-2)48-44-33-38(46-31-27-40(35-49)51-46)25-29-42(44)43-30-26-39(34-45(43)48)47-32-28-41(36-50)52-47/h25-36H,3-24H2,1-2H3. The van der Waals surface area contributed by atoms with Crippen LogP contribution in [0.3, 0.4) is 0 Å². The molecule has 0 radical (unpaired) electrons. The third-order valence-electron chi connectivity index (χ3n) is 10.9. The fourth-order valence-corrected chi connectivity index (χ4v) is 9.61. The number of hydrogen-bond acceptors (Lipinski definition) is 4. The van der Waals surface area contributed by atoms with Crippen molar-refractivity contribution in [2.45, 2.75) is 155 Å². The van der Waals surface area contributed by atoms with Crippen LogP contribution in [0.4, 0.5) is 0 Å². The molecule has 2 aromatic carbocycles. The van der Waals surface area contributed by atoms with Crippen molar-refractivity contribution in [3.05, 3.63) is 87.1 Å². The van der Waals surface area contributed by atoms with Gasteiger partial charge in [-0.3, -0.25) is 9.59 Å². The van der Waals surface area contributed by atoms with Gasteiger partial charge in [-0.05, 0) is 101 Å². The van der Waals surface area contributed by atoms with Gasteiger partial charge in [0.25, 0.3) is 0 Å². The molecular weight excluding hydrogens is 673 g/mol. The molecule has 278 valence electrons. The molecule has 0 spiro atoms. The highest BCUT2D eigenvalue weighted by atomic mass is 32.1. The van der Waals surface area contributed by atoms with Crippen LogP contribution < -0.4 is 0 Å². The first-order valence-corrected chi connectivity index (χ1v) is 22.4. The van der Waals surface area contributed by atoms with Crippen molar-refractivity contribution in [2.75, 3.05) is 0 Å². The van der Waals surface area contributed by atoms with E-state index in [4.69, 9.17) is 0 Å². The summed E-state index contributed by atoms with van der Waals surface area (Å²) in [6.45, 7) is 4.59. The van der Waals surface area contributed by atoms with E-state index in [9.17, 15) is 9.59 Å². The van der Waals surface area contributed by atoms with Gasteiger partial charge in [-0.1, -0.05) is 159 Å². The van der Waals surface area contributed by atoms with Crippen molar-refractivity contribution in [1.82, 2.24) is 0 Å². The lowest BCUT2D eigenvalue weighted by Crippen LogP contribution is -1.95. The average Bonchev–Trinajstić information content (AvgIpc) is 3.93. The first kappa shape index (κ1) is 40.1. The minimum absolute atomic E-state index is 0.771. The molecule has 1 aliphatic carbocycles. The zero-order valence-corrected chi connectivity index (χ0v) is 33.8. The maximum Gasteiger partial charge on any atom is 0.160 e. The molecule has 2 heterocycles. The molecule has 0 saturated carbocycles. The lowest BCUT2D eigenvalue weighted by atomic mass is 9.89. The number of carbonyl (C=O) groups is 2. The second-order valence-electron chi connectivity index (χ2n) is 15.0. The highest BCUT2D eigenvalue weighted by Crippen LogP contribution is 2.50. The Balaban J connectivity index is 1.39. The van der Waals surface area contributed by atoms with Crippen LogP contribution in [0, 0.1) is 0 Å². The number of rotatable bonds is 26. The summed E-state index contributed by atoms with van der Waals surface area (Å²) in [4.78, 5) is 26.9. The number of carbonyl (C=O) groups excluding carboxylic acids is 2. The van der Waals surface area contributed by atoms with Gasteiger partial charge in [0, 0.05) is 9.75 Å². The lowest BCUT2D eigenvalue weighted by molar-refractivity contribution is 0.111. The fraction of sp³-hybridized carbons (Fsp3) is 0.500. The number of hydrogen-bond donors (Lipinski definition) is 0. The van der Waals surface area contributed by atoms with Gasteiger partial charge in [0.15, 0.2) is 12.6 Å². The van der Waals surface area contributed by atoms with Gasteiger partial charge in [0.05, 0.1) is 9.75 Å². The van der Waals surface area contributed by atoms with Crippen molar-refractivity contribution in [2.24, 2.45) is 0 Å². The van der Waals surface area contributed by atoms with Crippen LogP contribution in [0.1, 0.15) is 186 Å². The molecule has 4 heteroatoms. The normalized spacial score (nSPS) is 11.9. The molecule has 0 amide bonds. The van der Waals surface area contributed by atoms with E-state index >= 15 is 0 Å². The van der Waals surface area contributed by atoms with Crippen LogP contribution >= 0.6 is 22.7 Å². The van der Waals surface area contributed by atoms with Crippen LogP contribution in [-0.4, -0.2) is 12.6 Å². The van der Waals surface area contributed by atoms with Gasteiger partial charge in [-0.25, -0.2) is 0 Å². The van der Waals surface area contributed by atoms with Gasteiger partial charge >= 0.3 is 0 Å². The number of benzene rings is 2. The second kappa shape index (κ2) is 22.2. The largest absolute Gasteiger partial charge is 0.297 e. The quantitative estimate of drug-likeness (QED) is 0.0419. The third-order valence-corrected chi connectivity index (χ3v) is 13.1. The molecule has 5 rings (SSSR count). The van der Waals surface area contributed by atoms with E-state index in [1.54, 1.807) is 28.2 Å². The summed E-state index contributed by atoms with van der Waals surface area (Å²) in [5.41, 5.74) is 10.8. The average molecular weight is 735 g/mol. The zero-order valence-electron chi connectivity index (χ0n) is 32.1. The topological polar surface area (TPSA) is 34.1 Å². The van der Waals surface area contributed by atoms with Gasteiger partial charge in [0.2, 0.25) is 0 Å². The number of aldehydes is 2. The molecule has 1 aliphatic rings. The van der Waals surface area contributed by atoms with Crippen molar-refractivity contribution in [1.29, 1.82) is 0 Å². The molecule has 2 aromatic heterocycles. The SMILES string of the molecule is CCCCCCCCCCCCC(CCCCCCCCCCCC)=C1c2cc(-c3ccc(C=O)s3)ccc2-c2ccc(-c3ccc(C=O)s3)cc21. The molecule has 2 nitrogen and oxygen atoms in total. The highest BCUT2D eigenvalue weighted by molar-refractivity contribution is 7.17. The van der Waals surface area contributed by atoms with Gasteiger partial charge in [0.1, 0.15) is 0 Å². The van der Waals surface area contributed by atoms with Gasteiger partial charge in [-0.2, -0.15) is 0 Å². The zero-order chi connectivity index (χ0) is 36.4. The maximum absolute atomic E-state index is 11.6. The monoisotopic (exact) mass is 734 g/mol. The lowest BCUT2D eigenvalue weighted by Gasteiger charge is -2.16. The Labute approximate surface area is 323 Å². The van der Waals surface area contributed by atoms with E-state index in [2.05, 4.69) is 62.4 Å². The Morgan fingerprint density at radius 3 is 1.15 bits per heavy atom. The minimum atomic E-state index is 0.771. The number of thiophene rings is 2. The molecular formula is C48H62O2S2. The summed E-state index contributed by atoms with van der Waals surface area (Å²) < 4.78 is 0.